The molecule has 0 unspecified atom stereocenters. The van der Waals surface area contributed by atoms with Crippen LogP contribution in [0, 0.1) is 0 Å². The van der Waals surface area contributed by atoms with E-state index in [9.17, 15) is 26.0 Å². The van der Waals surface area contributed by atoms with E-state index in [0.717, 1.165) is 17.7 Å². The quantitative estimate of drug-likeness (QED) is 0.554. The summed E-state index contributed by atoms with van der Waals surface area (Å²) < 4.78 is 68.4. The molecule has 1 amide bonds. The average Bonchev–Trinajstić information content (AvgIpc) is 2.67. The molecule has 30 heavy (non-hydrogen) atoms. The summed E-state index contributed by atoms with van der Waals surface area (Å²) in [6.45, 7) is 3.36. The molecule has 0 aromatic heterocycles. The second kappa shape index (κ2) is 9.54. The zero-order valence-corrected chi connectivity index (χ0v) is 18.1. The number of benzene rings is 2. The van der Waals surface area contributed by atoms with Crippen molar-refractivity contribution < 1.29 is 30.8 Å². The van der Waals surface area contributed by atoms with Gasteiger partial charge in [0, 0.05) is 12.0 Å². The van der Waals surface area contributed by atoms with Crippen LogP contribution < -0.4 is 14.6 Å². The molecule has 0 atom stereocenters. The highest BCUT2D eigenvalue weighted by atomic mass is 32.2. The molecular formula is C19H23FN2O6S2. The molecule has 0 saturated carbocycles. The second-order valence-corrected chi connectivity index (χ2v) is 9.91. The minimum atomic E-state index is -4.53. The normalized spacial score (nSPS) is 12.0. The summed E-state index contributed by atoms with van der Waals surface area (Å²) in [6, 6.07) is 9.09. The van der Waals surface area contributed by atoms with Gasteiger partial charge in [-0.1, -0.05) is 32.0 Å². The molecule has 2 aromatic rings. The van der Waals surface area contributed by atoms with Crippen molar-refractivity contribution in [3.8, 4) is 5.75 Å². The number of carbonyl (C=O) groups excluding carboxylic acids is 1. The van der Waals surface area contributed by atoms with Crippen molar-refractivity contribution in [2.24, 2.45) is 5.14 Å². The minimum absolute atomic E-state index is 0.0219. The molecule has 0 saturated heterocycles. The largest absolute Gasteiger partial charge is 0.493 e. The highest BCUT2D eigenvalue weighted by Crippen LogP contribution is 2.28. The Morgan fingerprint density at radius 2 is 1.73 bits per heavy atom. The van der Waals surface area contributed by atoms with Crippen molar-refractivity contribution in [1.29, 1.82) is 0 Å². The number of ether oxygens (including phenoxy) is 1. The number of nitrogens with one attached hydrogen (secondary N) is 1. The summed E-state index contributed by atoms with van der Waals surface area (Å²) in [7, 11) is -8.86. The van der Waals surface area contributed by atoms with Crippen LogP contribution in [0.15, 0.2) is 52.3 Å². The number of primary sulfonamides is 1. The van der Waals surface area contributed by atoms with Crippen LogP contribution in [-0.2, 0) is 20.0 Å². The van der Waals surface area contributed by atoms with E-state index in [4.69, 9.17) is 9.88 Å². The molecule has 3 N–H and O–H groups in total. The smallest absolute Gasteiger partial charge is 0.265 e. The summed E-state index contributed by atoms with van der Waals surface area (Å²) in [6.07, 6.45) is 0.173. The lowest BCUT2D eigenvalue weighted by Gasteiger charge is -2.15. The molecule has 164 valence electrons. The Hall–Kier alpha value is -2.50. The third-order valence-corrected chi connectivity index (χ3v) is 6.59. The average molecular weight is 459 g/mol. The van der Waals surface area contributed by atoms with Crippen molar-refractivity contribution in [1.82, 2.24) is 4.72 Å². The molecule has 11 heteroatoms. The van der Waals surface area contributed by atoms with Gasteiger partial charge in [0.15, 0.2) is 0 Å². The third kappa shape index (κ3) is 5.77. The van der Waals surface area contributed by atoms with Gasteiger partial charge in [0.1, 0.15) is 15.5 Å². The number of carbonyl (C=O) groups is 1. The first kappa shape index (κ1) is 23.8. The maximum atomic E-state index is 12.6. The molecule has 0 heterocycles. The van der Waals surface area contributed by atoms with Gasteiger partial charge in [-0.15, -0.1) is 0 Å². The number of nitrogens with two attached hydrogens (primary N) is 1. The Balaban J connectivity index is 2.37. The van der Waals surface area contributed by atoms with Crippen LogP contribution >= 0.6 is 0 Å². The fourth-order valence-electron chi connectivity index (χ4n) is 2.66. The van der Waals surface area contributed by atoms with Crippen molar-refractivity contribution in [3.05, 3.63) is 53.6 Å². The van der Waals surface area contributed by atoms with E-state index < -0.39 is 42.4 Å². The number of amides is 1. The molecule has 8 nitrogen and oxygen atoms in total. The summed E-state index contributed by atoms with van der Waals surface area (Å²) in [5.41, 5.74) is 0.749. The predicted octanol–water partition coefficient (Wildman–Crippen LogP) is 2.31. The van der Waals surface area contributed by atoms with Gasteiger partial charge in [-0.05, 0) is 35.7 Å². The molecule has 0 aliphatic carbocycles. The molecule has 2 rings (SSSR count). The highest BCUT2D eigenvalue weighted by Gasteiger charge is 2.26. The van der Waals surface area contributed by atoms with Crippen LogP contribution in [0.25, 0.3) is 0 Å². The molecule has 0 fully saturated rings. The number of halogens is 1. The Morgan fingerprint density at radius 1 is 1.10 bits per heavy atom. The summed E-state index contributed by atoms with van der Waals surface area (Å²) in [5, 5.41) is 5.07. The van der Waals surface area contributed by atoms with Crippen molar-refractivity contribution in [2.75, 3.05) is 13.3 Å². The van der Waals surface area contributed by atoms with Gasteiger partial charge in [0.2, 0.25) is 10.0 Å². The number of rotatable bonds is 9. The van der Waals surface area contributed by atoms with Gasteiger partial charge in [-0.3, -0.25) is 9.18 Å². The van der Waals surface area contributed by atoms with Crippen LogP contribution in [0.4, 0.5) is 4.39 Å². The van der Waals surface area contributed by atoms with Gasteiger partial charge >= 0.3 is 0 Å². The molecule has 0 bridgehead atoms. The van der Waals surface area contributed by atoms with Gasteiger partial charge < -0.3 is 4.74 Å². The van der Waals surface area contributed by atoms with Gasteiger partial charge in [0.05, 0.1) is 13.3 Å². The standard InChI is InChI=1S/C19H23FN2O6S2/c1-13(2)15-9-8-14(12-16(15)28-11-5-10-20)19(23)22-30(26,27)18-7-4-3-6-17(18)29(21,24)25/h3-4,6-9,12-13H,5,10-11H2,1-2H3,(H,22,23)(H2,21,24,25). The van der Waals surface area contributed by atoms with Crippen LogP contribution in [0.2, 0.25) is 0 Å². The Kier molecular flexibility index (Phi) is 7.56. The lowest BCUT2D eigenvalue weighted by molar-refractivity contribution is 0.0980. The molecule has 0 aliphatic rings. The number of sulfonamides is 2. The maximum Gasteiger partial charge on any atom is 0.265 e. The molecule has 0 spiro atoms. The van der Waals surface area contributed by atoms with E-state index >= 15 is 0 Å². The third-order valence-electron chi connectivity index (χ3n) is 4.11. The van der Waals surface area contributed by atoms with Crippen molar-refractivity contribution >= 4 is 26.0 Å². The van der Waals surface area contributed by atoms with Gasteiger partial charge in [-0.2, -0.15) is 0 Å². The van der Waals surface area contributed by atoms with Gasteiger partial charge in [0.25, 0.3) is 15.9 Å². The maximum absolute atomic E-state index is 12.6. The van der Waals surface area contributed by atoms with Crippen LogP contribution in [0.5, 0.6) is 5.75 Å². The van der Waals surface area contributed by atoms with Crippen LogP contribution in [0.3, 0.4) is 0 Å². The van der Waals surface area contributed by atoms with E-state index in [2.05, 4.69) is 0 Å². The van der Waals surface area contributed by atoms with E-state index in [1.807, 2.05) is 18.6 Å². The van der Waals surface area contributed by atoms with E-state index in [-0.39, 0.29) is 24.5 Å². The minimum Gasteiger partial charge on any atom is -0.493 e. The summed E-state index contributed by atoms with van der Waals surface area (Å²) >= 11 is 0. The number of hydrogen-bond acceptors (Lipinski definition) is 6. The summed E-state index contributed by atoms with van der Waals surface area (Å²) in [4.78, 5) is 11.3. The number of hydrogen-bond donors (Lipinski definition) is 2. The Bertz CT molecular complexity index is 1130. The van der Waals surface area contributed by atoms with E-state index in [1.165, 1.54) is 24.3 Å². The lowest BCUT2D eigenvalue weighted by Crippen LogP contribution is -2.32. The van der Waals surface area contributed by atoms with Crippen LogP contribution in [0.1, 0.15) is 42.1 Å². The highest BCUT2D eigenvalue weighted by molar-refractivity contribution is 7.92. The molecule has 0 aliphatic heterocycles. The predicted molar refractivity (Wildman–Crippen MR) is 109 cm³/mol. The monoisotopic (exact) mass is 458 g/mol. The fourth-order valence-corrected chi connectivity index (χ4v) is 5.01. The SMILES string of the molecule is CC(C)c1ccc(C(=O)NS(=O)(=O)c2ccccc2S(N)(=O)=O)cc1OCCCF. The van der Waals surface area contributed by atoms with Gasteiger partial charge in [-0.25, -0.2) is 26.7 Å². The first-order chi connectivity index (χ1) is 14.0. The van der Waals surface area contributed by atoms with Crippen LogP contribution in [-0.4, -0.2) is 36.0 Å². The topological polar surface area (TPSA) is 133 Å². The zero-order valence-electron chi connectivity index (χ0n) is 16.5. The molecule has 0 radical (unpaired) electrons. The Morgan fingerprint density at radius 3 is 2.30 bits per heavy atom. The first-order valence-electron chi connectivity index (χ1n) is 8.99. The summed E-state index contributed by atoms with van der Waals surface area (Å²) in [5.74, 6) is -0.592. The number of alkyl halides is 1. The van der Waals surface area contributed by atoms with E-state index in [1.54, 1.807) is 6.07 Å². The molecular weight excluding hydrogens is 435 g/mol. The lowest BCUT2D eigenvalue weighted by atomic mass is 10.00. The first-order valence-corrected chi connectivity index (χ1v) is 12.0. The van der Waals surface area contributed by atoms with Crippen molar-refractivity contribution in [3.63, 3.8) is 0 Å². The zero-order chi connectivity index (χ0) is 22.5. The van der Waals surface area contributed by atoms with Crippen molar-refractivity contribution in [2.45, 2.75) is 36.0 Å². The van der Waals surface area contributed by atoms with E-state index in [0.29, 0.717) is 5.75 Å². The Labute approximate surface area is 175 Å². The molecule has 2 aromatic carbocycles. The fraction of sp³-hybridized carbons (Fsp3) is 0.316. The second-order valence-electron chi connectivity index (χ2n) is 6.72.